The summed E-state index contributed by atoms with van der Waals surface area (Å²) in [6, 6.07) is 0.148. The van der Waals surface area contributed by atoms with E-state index in [1.54, 1.807) is 0 Å². The predicted octanol–water partition coefficient (Wildman–Crippen LogP) is 1.41. The summed E-state index contributed by atoms with van der Waals surface area (Å²) in [5, 5.41) is 11.2. The van der Waals surface area contributed by atoms with Crippen LogP contribution in [0.5, 0.6) is 0 Å². The van der Waals surface area contributed by atoms with Gasteiger partial charge in [0.2, 0.25) is 0 Å². The second kappa shape index (κ2) is 7.39. The van der Waals surface area contributed by atoms with Gasteiger partial charge in [0.05, 0.1) is 37.4 Å². The maximum atomic E-state index is 14.3. The van der Waals surface area contributed by atoms with E-state index >= 15 is 0 Å². The lowest BCUT2D eigenvalue weighted by molar-refractivity contribution is -0.384. The van der Waals surface area contributed by atoms with E-state index in [-0.39, 0.29) is 6.07 Å². The van der Waals surface area contributed by atoms with Crippen LogP contribution in [0.25, 0.3) is 0 Å². The molecule has 0 amide bonds. The van der Waals surface area contributed by atoms with Crippen molar-refractivity contribution in [3.05, 3.63) is 44.9 Å². The number of nitro benzene ring substituents is 1. The summed E-state index contributed by atoms with van der Waals surface area (Å²) in [4.78, 5) is 34.4. The fraction of sp³-hybridized carbons (Fsp3) is 0.286. The highest BCUT2D eigenvalue weighted by Gasteiger charge is 2.38. The largest absolute Gasteiger partial charge is 0.466 e. The zero-order chi connectivity index (χ0) is 19.6. The Bertz CT molecular complexity index is 825. The summed E-state index contributed by atoms with van der Waals surface area (Å²) in [6.45, 7) is -1.12. The van der Waals surface area contributed by atoms with Crippen molar-refractivity contribution >= 4 is 23.3 Å². The quantitative estimate of drug-likeness (QED) is 0.336. The molecule has 0 spiro atoms. The number of nitrogens with zero attached hydrogens (tertiary/aromatic N) is 2. The lowest BCUT2D eigenvalue weighted by Crippen LogP contribution is -2.39. The molecule has 0 saturated carbocycles. The van der Waals surface area contributed by atoms with E-state index in [4.69, 9.17) is 4.74 Å². The molecule has 0 unspecified atom stereocenters. The number of carbonyl (C=O) groups excluding carboxylic acids is 2. The number of nitro groups is 1. The molecule has 1 aliphatic rings. The number of benzene rings is 1. The van der Waals surface area contributed by atoms with Gasteiger partial charge in [-0.25, -0.2) is 22.8 Å². The standard InChI is InChI=1S/C14H11F3N2O7/c1-24-13(20)6-4-26-5-18(11(6)14(21)25-2)12-8(19(22)23)3-7(15)9(16)10(12)17/h3H,4-5H2,1-2H3. The molecule has 140 valence electrons. The highest BCUT2D eigenvalue weighted by Crippen LogP contribution is 2.38. The van der Waals surface area contributed by atoms with Gasteiger partial charge in [-0.1, -0.05) is 0 Å². The molecule has 0 fully saturated rings. The zero-order valence-corrected chi connectivity index (χ0v) is 13.4. The maximum absolute atomic E-state index is 14.3. The molecule has 0 aromatic heterocycles. The van der Waals surface area contributed by atoms with Gasteiger partial charge in [-0.2, -0.15) is 0 Å². The molecule has 1 aliphatic heterocycles. The van der Waals surface area contributed by atoms with Crippen LogP contribution in [0.2, 0.25) is 0 Å². The van der Waals surface area contributed by atoms with Gasteiger partial charge in [0.1, 0.15) is 12.4 Å². The first-order valence-electron chi connectivity index (χ1n) is 6.81. The molecule has 0 saturated heterocycles. The molecule has 0 N–H and O–H groups in total. The molecule has 1 aromatic carbocycles. The fourth-order valence-electron chi connectivity index (χ4n) is 2.29. The number of anilines is 1. The molecule has 0 atom stereocenters. The van der Waals surface area contributed by atoms with Gasteiger partial charge in [-0.05, 0) is 0 Å². The molecule has 1 heterocycles. The first-order chi connectivity index (χ1) is 12.2. The Balaban J connectivity index is 2.81. The number of hydrogen-bond acceptors (Lipinski definition) is 8. The molecule has 12 heteroatoms. The molecule has 26 heavy (non-hydrogen) atoms. The molecular formula is C14H11F3N2O7. The van der Waals surface area contributed by atoms with Crippen molar-refractivity contribution in [1.82, 2.24) is 0 Å². The van der Waals surface area contributed by atoms with Gasteiger partial charge in [0, 0.05) is 0 Å². The van der Waals surface area contributed by atoms with Crippen LogP contribution in [0.3, 0.4) is 0 Å². The molecule has 0 aliphatic carbocycles. The van der Waals surface area contributed by atoms with E-state index in [9.17, 15) is 32.9 Å². The normalized spacial score (nSPS) is 14.3. The Labute approximate surface area is 143 Å². The average Bonchev–Trinajstić information content (AvgIpc) is 2.63. The molecule has 1 aromatic rings. The Morgan fingerprint density at radius 2 is 1.81 bits per heavy atom. The van der Waals surface area contributed by atoms with E-state index in [1.165, 1.54) is 0 Å². The minimum Gasteiger partial charge on any atom is -0.466 e. The van der Waals surface area contributed by atoms with Crippen molar-refractivity contribution in [2.24, 2.45) is 0 Å². The number of ether oxygens (including phenoxy) is 3. The summed E-state index contributed by atoms with van der Waals surface area (Å²) >= 11 is 0. The van der Waals surface area contributed by atoms with Gasteiger partial charge in [-0.15, -0.1) is 0 Å². The highest BCUT2D eigenvalue weighted by molar-refractivity contribution is 6.03. The van der Waals surface area contributed by atoms with E-state index in [0.29, 0.717) is 4.90 Å². The minimum absolute atomic E-state index is 0.148. The van der Waals surface area contributed by atoms with Gasteiger partial charge in [0.15, 0.2) is 23.1 Å². The number of esters is 2. The molecular weight excluding hydrogens is 365 g/mol. The van der Waals surface area contributed by atoms with E-state index < -0.39 is 70.3 Å². The van der Waals surface area contributed by atoms with Crippen LogP contribution >= 0.6 is 0 Å². The number of halogens is 3. The van der Waals surface area contributed by atoms with Crippen LogP contribution in [-0.4, -0.2) is 44.4 Å². The van der Waals surface area contributed by atoms with Crippen molar-refractivity contribution in [2.75, 3.05) is 32.5 Å². The Kier molecular flexibility index (Phi) is 5.45. The van der Waals surface area contributed by atoms with E-state index in [0.717, 1.165) is 14.2 Å². The lowest BCUT2D eigenvalue weighted by atomic mass is 10.1. The first kappa shape index (κ1) is 19.2. The van der Waals surface area contributed by atoms with Gasteiger partial charge < -0.3 is 19.1 Å². The van der Waals surface area contributed by atoms with Gasteiger partial charge in [-0.3, -0.25) is 10.1 Å². The van der Waals surface area contributed by atoms with Crippen LogP contribution in [0.15, 0.2) is 17.3 Å². The van der Waals surface area contributed by atoms with Crippen molar-refractivity contribution < 1.29 is 41.9 Å². The second-order valence-corrected chi connectivity index (χ2v) is 4.83. The van der Waals surface area contributed by atoms with Crippen LogP contribution in [0.4, 0.5) is 24.5 Å². The first-order valence-corrected chi connectivity index (χ1v) is 6.81. The number of carbonyl (C=O) groups is 2. The minimum atomic E-state index is -2.00. The third kappa shape index (κ3) is 3.18. The molecule has 0 radical (unpaired) electrons. The molecule has 0 bridgehead atoms. The molecule has 2 rings (SSSR count). The second-order valence-electron chi connectivity index (χ2n) is 4.83. The van der Waals surface area contributed by atoms with Gasteiger partial charge >= 0.3 is 11.9 Å². The summed E-state index contributed by atoms with van der Waals surface area (Å²) in [7, 11) is 1.93. The number of rotatable bonds is 4. The summed E-state index contributed by atoms with van der Waals surface area (Å²) in [6.07, 6.45) is 0. The topological polar surface area (TPSA) is 108 Å². The Morgan fingerprint density at radius 3 is 2.35 bits per heavy atom. The van der Waals surface area contributed by atoms with Crippen molar-refractivity contribution in [3.8, 4) is 0 Å². The van der Waals surface area contributed by atoms with Crippen molar-refractivity contribution in [1.29, 1.82) is 0 Å². The Morgan fingerprint density at radius 1 is 1.19 bits per heavy atom. The molecule has 9 nitrogen and oxygen atoms in total. The van der Waals surface area contributed by atoms with E-state index in [1.807, 2.05) is 0 Å². The summed E-state index contributed by atoms with van der Waals surface area (Å²) < 4.78 is 55.3. The number of methoxy groups -OCH3 is 2. The van der Waals surface area contributed by atoms with Crippen LogP contribution in [-0.2, 0) is 23.8 Å². The third-order valence-corrected chi connectivity index (χ3v) is 3.42. The van der Waals surface area contributed by atoms with E-state index in [2.05, 4.69) is 9.47 Å². The monoisotopic (exact) mass is 376 g/mol. The lowest BCUT2D eigenvalue weighted by Gasteiger charge is -2.31. The van der Waals surface area contributed by atoms with Crippen molar-refractivity contribution in [2.45, 2.75) is 0 Å². The SMILES string of the molecule is COC(=O)C1=C(C(=O)OC)N(c2c([N+](=O)[O-])cc(F)c(F)c2F)COC1. The third-order valence-electron chi connectivity index (χ3n) is 3.42. The zero-order valence-electron chi connectivity index (χ0n) is 13.4. The van der Waals surface area contributed by atoms with Crippen LogP contribution in [0, 0.1) is 27.6 Å². The summed E-state index contributed by atoms with van der Waals surface area (Å²) in [5.41, 5.74) is -3.38. The predicted molar refractivity (Wildman–Crippen MR) is 77.3 cm³/mol. The number of hydrogen-bond donors (Lipinski definition) is 0. The average molecular weight is 376 g/mol. The van der Waals surface area contributed by atoms with Gasteiger partial charge in [0.25, 0.3) is 5.69 Å². The van der Waals surface area contributed by atoms with Crippen LogP contribution < -0.4 is 4.90 Å². The summed E-state index contributed by atoms with van der Waals surface area (Å²) in [5.74, 6) is -7.98. The highest BCUT2D eigenvalue weighted by atomic mass is 19.2. The Hall–Kier alpha value is -3.15. The van der Waals surface area contributed by atoms with Crippen molar-refractivity contribution in [3.63, 3.8) is 0 Å². The maximum Gasteiger partial charge on any atom is 0.355 e. The smallest absolute Gasteiger partial charge is 0.355 e. The fourth-order valence-corrected chi connectivity index (χ4v) is 2.29. The van der Waals surface area contributed by atoms with Crippen LogP contribution in [0.1, 0.15) is 0 Å².